The molecule has 0 bridgehead atoms. The average Bonchev–Trinajstić information content (AvgIpc) is 1.97. The summed E-state index contributed by atoms with van der Waals surface area (Å²) >= 11 is 0. The summed E-state index contributed by atoms with van der Waals surface area (Å²) in [6.07, 6.45) is 4.25. The molecule has 0 radical (unpaired) electrons. The van der Waals surface area contributed by atoms with Crippen LogP contribution in [0.3, 0.4) is 0 Å². The number of rotatable bonds is 6. The van der Waals surface area contributed by atoms with Crippen LogP contribution >= 0.6 is 0 Å². The van der Waals surface area contributed by atoms with Crippen LogP contribution in [0.2, 0.25) is 0 Å². The third-order valence-electron chi connectivity index (χ3n) is 1.76. The Morgan fingerprint density at radius 3 is 2.55 bits per heavy atom. The van der Waals surface area contributed by atoms with E-state index < -0.39 is 0 Å². The van der Waals surface area contributed by atoms with Crippen LogP contribution in [0.5, 0.6) is 0 Å². The predicted octanol–water partition coefficient (Wildman–Crippen LogP) is 2.81. The zero-order valence-corrected chi connectivity index (χ0v) is 7.77. The van der Waals surface area contributed by atoms with Gasteiger partial charge in [0.25, 0.3) is 0 Å². The molecule has 0 aromatic heterocycles. The molecule has 0 heterocycles. The van der Waals surface area contributed by atoms with Crippen LogP contribution in [0.4, 0.5) is 0 Å². The van der Waals surface area contributed by atoms with E-state index in [1.165, 1.54) is 6.42 Å². The Hall–Kier alpha value is -0.720. The SMILES string of the molecule is C=CCCCN(CC)C(=C)C. The van der Waals surface area contributed by atoms with E-state index >= 15 is 0 Å². The van der Waals surface area contributed by atoms with E-state index in [4.69, 9.17) is 0 Å². The third kappa shape index (κ3) is 4.65. The van der Waals surface area contributed by atoms with Crippen molar-refractivity contribution >= 4 is 0 Å². The van der Waals surface area contributed by atoms with E-state index in [9.17, 15) is 0 Å². The molecule has 11 heavy (non-hydrogen) atoms. The second-order valence-electron chi connectivity index (χ2n) is 2.75. The van der Waals surface area contributed by atoms with Gasteiger partial charge in [-0.1, -0.05) is 12.7 Å². The summed E-state index contributed by atoms with van der Waals surface area (Å²) in [4.78, 5) is 2.28. The molecule has 0 aromatic rings. The smallest absolute Gasteiger partial charge is 0.0177 e. The first-order valence-corrected chi connectivity index (χ1v) is 4.23. The van der Waals surface area contributed by atoms with E-state index in [0.717, 1.165) is 25.2 Å². The second-order valence-corrected chi connectivity index (χ2v) is 2.75. The van der Waals surface area contributed by atoms with Gasteiger partial charge in [-0.15, -0.1) is 6.58 Å². The molecule has 0 saturated heterocycles. The third-order valence-corrected chi connectivity index (χ3v) is 1.76. The molecule has 0 N–H and O–H groups in total. The average molecular weight is 153 g/mol. The maximum atomic E-state index is 3.91. The topological polar surface area (TPSA) is 3.24 Å². The van der Waals surface area contributed by atoms with Crippen LogP contribution in [0, 0.1) is 0 Å². The van der Waals surface area contributed by atoms with Crippen LogP contribution in [0.15, 0.2) is 24.9 Å². The highest BCUT2D eigenvalue weighted by molar-refractivity contribution is 4.87. The van der Waals surface area contributed by atoms with Crippen molar-refractivity contribution in [2.24, 2.45) is 0 Å². The molecule has 0 unspecified atom stereocenters. The van der Waals surface area contributed by atoms with Gasteiger partial charge in [-0.25, -0.2) is 0 Å². The van der Waals surface area contributed by atoms with Crippen molar-refractivity contribution in [3.05, 3.63) is 24.9 Å². The van der Waals surface area contributed by atoms with Gasteiger partial charge in [-0.2, -0.15) is 0 Å². The fourth-order valence-corrected chi connectivity index (χ4v) is 1.05. The first-order valence-electron chi connectivity index (χ1n) is 4.23. The minimum Gasteiger partial charge on any atom is -0.376 e. The van der Waals surface area contributed by atoms with E-state index in [2.05, 4.69) is 31.9 Å². The van der Waals surface area contributed by atoms with Crippen LogP contribution in [-0.2, 0) is 0 Å². The lowest BCUT2D eigenvalue weighted by molar-refractivity contribution is 0.360. The lowest BCUT2D eigenvalue weighted by Gasteiger charge is -2.22. The maximum absolute atomic E-state index is 3.91. The second kappa shape index (κ2) is 6.02. The highest BCUT2D eigenvalue weighted by Crippen LogP contribution is 2.02. The molecule has 0 saturated carbocycles. The van der Waals surface area contributed by atoms with Crippen molar-refractivity contribution in [3.63, 3.8) is 0 Å². The standard InChI is InChI=1S/C10H19N/c1-5-7-8-9-11(6-2)10(3)4/h5H,1,3,6-9H2,2,4H3. The molecule has 0 rings (SSSR count). The van der Waals surface area contributed by atoms with Crippen LogP contribution < -0.4 is 0 Å². The molecule has 0 aromatic carbocycles. The Morgan fingerprint density at radius 2 is 2.18 bits per heavy atom. The molecule has 0 atom stereocenters. The van der Waals surface area contributed by atoms with Gasteiger partial charge in [-0.05, 0) is 26.7 Å². The fraction of sp³-hybridized carbons (Fsp3) is 0.600. The number of hydrogen-bond acceptors (Lipinski definition) is 1. The molecular formula is C10H19N. The molecule has 64 valence electrons. The van der Waals surface area contributed by atoms with Gasteiger partial charge in [0.05, 0.1) is 0 Å². The zero-order valence-electron chi connectivity index (χ0n) is 7.77. The number of allylic oxidation sites excluding steroid dienone is 2. The summed E-state index contributed by atoms with van der Waals surface area (Å²) in [7, 11) is 0. The Labute approximate surface area is 70.4 Å². The van der Waals surface area contributed by atoms with Gasteiger partial charge in [0.1, 0.15) is 0 Å². The van der Waals surface area contributed by atoms with Crippen LogP contribution in [-0.4, -0.2) is 18.0 Å². The molecular weight excluding hydrogens is 134 g/mol. The van der Waals surface area contributed by atoms with Gasteiger partial charge in [0.2, 0.25) is 0 Å². The van der Waals surface area contributed by atoms with Crippen molar-refractivity contribution in [3.8, 4) is 0 Å². The van der Waals surface area contributed by atoms with Gasteiger partial charge >= 0.3 is 0 Å². The summed E-state index contributed by atoms with van der Waals surface area (Å²) in [5.41, 5.74) is 1.16. The molecule has 0 aliphatic carbocycles. The lowest BCUT2D eigenvalue weighted by atomic mass is 10.3. The highest BCUT2D eigenvalue weighted by Gasteiger charge is 1.97. The zero-order chi connectivity index (χ0) is 8.69. The normalized spacial score (nSPS) is 9.27. The van der Waals surface area contributed by atoms with Crippen molar-refractivity contribution in [1.29, 1.82) is 0 Å². The molecule has 1 nitrogen and oxygen atoms in total. The Kier molecular flexibility index (Phi) is 5.63. The highest BCUT2D eigenvalue weighted by atomic mass is 15.1. The van der Waals surface area contributed by atoms with Gasteiger partial charge in [-0.3, -0.25) is 0 Å². The fourth-order valence-electron chi connectivity index (χ4n) is 1.05. The van der Waals surface area contributed by atoms with Gasteiger partial charge < -0.3 is 4.90 Å². The monoisotopic (exact) mass is 153 g/mol. The molecule has 0 aliphatic rings. The minimum absolute atomic E-state index is 1.06. The van der Waals surface area contributed by atoms with Crippen molar-refractivity contribution in [2.45, 2.75) is 26.7 Å². The lowest BCUT2D eigenvalue weighted by Crippen LogP contribution is -2.21. The Balaban J connectivity index is 3.52. The van der Waals surface area contributed by atoms with Crippen molar-refractivity contribution in [1.82, 2.24) is 4.90 Å². The minimum atomic E-state index is 1.06. The van der Waals surface area contributed by atoms with Gasteiger partial charge in [0, 0.05) is 18.8 Å². The Morgan fingerprint density at radius 1 is 1.55 bits per heavy atom. The summed E-state index contributed by atoms with van der Waals surface area (Å²) < 4.78 is 0. The molecule has 0 spiro atoms. The number of nitrogens with zero attached hydrogens (tertiary/aromatic N) is 1. The summed E-state index contributed by atoms with van der Waals surface area (Å²) in [5, 5.41) is 0. The molecule has 0 aliphatic heterocycles. The first kappa shape index (κ1) is 10.3. The van der Waals surface area contributed by atoms with E-state index in [-0.39, 0.29) is 0 Å². The summed E-state index contributed by atoms with van der Waals surface area (Å²) in [5.74, 6) is 0. The largest absolute Gasteiger partial charge is 0.376 e. The summed E-state index contributed by atoms with van der Waals surface area (Å²) in [6, 6.07) is 0. The predicted molar refractivity (Wildman–Crippen MR) is 51.5 cm³/mol. The van der Waals surface area contributed by atoms with Crippen molar-refractivity contribution < 1.29 is 0 Å². The van der Waals surface area contributed by atoms with E-state index in [1.54, 1.807) is 0 Å². The van der Waals surface area contributed by atoms with Crippen LogP contribution in [0.1, 0.15) is 26.7 Å². The van der Waals surface area contributed by atoms with Crippen molar-refractivity contribution in [2.75, 3.05) is 13.1 Å². The first-order chi connectivity index (χ1) is 5.22. The maximum Gasteiger partial charge on any atom is 0.0177 e. The Bertz CT molecular complexity index is 127. The number of unbranched alkanes of at least 4 members (excludes halogenated alkanes) is 1. The quantitative estimate of drug-likeness (QED) is 0.419. The molecule has 0 amide bonds. The summed E-state index contributed by atoms with van der Waals surface area (Å²) in [6.45, 7) is 14.0. The molecule has 1 heteroatoms. The van der Waals surface area contributed by atoms with E-state index in [0.29, 0.717) is 0 Å². The van der Waals surface area contributed by atoms with Crippen LogP contribution in [0.25, 0.3) is 0 Å². The van der Waals surface area contributed by atoms with E-state index in [1.807, 2.05) is 6.08 Å². The van der Waals surface area contributed by atoms with Gasteiger partial charge in [0.15, 0.2) is 0 Å². The number of hydrogen-bond donors (Lipinski definition) is 0. The molecule has 0 fully saturated rings.